The van der Waals surface area contributed by atoms with Crippen molar-refractivity contribution >= 4 is 58.3 Å². The van der Waals surface area contributed by atoms with Gasteiger partial charge >= 0.3 is 0 Å². The van der Waals surface area contributed by atoms with Crippen molar-refractivity contribution in [1.82, 2.24) is 20.6 Å². The van der Waals surface area contributed by atoms with E-state index in [-0.39, 0.29) is 0 Å². The normalized spacial score (nSPS) is 18.0. The highest BCUT2D eigenvalue weighted by molar-refractivity contribution is 8.11. The van der Waals surface area contributed by atoms with E-state index in [0.29, 0.717) is 27.7 Å². The fraction of sp³-hybridized carbons (Fsp3) is 0.455. The second-order valence-corrected chi connectivity index (χ2v) is 6.44. The Labute approximate surface area is 144 Å². The lowest BCUT2D eigenvalue weighted by molar-refractivity contribution is -0.0703. The van der Waals surface area contributed by atoms with Gasteiger partial charge in [0.25, 0.3) is 0 Å². The van der Waals surface area contributed by atoms with Crippen LogP contribution in [-0.2, 0) is 9.47 Å². The zero-order valence-corrected chi connectivity index (χ0v) is 14.2. The van der Waals surface area contributed by atoms with Gasteiger partial charge in [0, 0.05) is 12.4 Å². The molecule has 10 heteroatoms. The van der Waals surface area contributed by atoms with E-state index in [4.69, 9.17) is 33.9 Å². The van der Waals surface area contributed by atoms with Crippen LogP contribution in [0.5, 0.6) is 0 Å². The summed E-state index contributed by atoms with van der Waals surface area (Å²) in [6, 6.07) is 0.905. The first-order chi connectivity index (χ1) is 10.1. The summed E-state index contributed by atoms with van der Waals surface area (Å²) in [5, 5.41) is 6.07. The smallest absolute Gasteiger partial charge is 0.180 e. The van der Waals surface area contributed by atoms with Crippen molar-refractivity contribution in [2.45, 2.75) is 18.4 Å². The number of hydrogen-bond donors (Lipinski definition) is 4. The molecule has 0 aromatic carbocycles. The van der Waals surface area contributed by atoms with Gasteiger partial charge < -0.3 is 20.1 Å². The molecule has 2 unspecified atom stereocenters. The molecule has 0 amide bonds. The molecule has 0 bridgehead atoms. The molecule has 0 spiro atoms. The molecule has 1 aromatic rings. The van der Waals surface area contributed by atoms with Crippen molar-refractivity contribution in [1.29, 1.82) is 0 Å². The Hall–Kier alpha value is -0.520. The molecule has 1 aliphatic heterocycles. The molecule has 1 aromatic heterocycles. The maximum atomic E-state index is 5.56. The maximum Gasteiger partial charge on any atom is 0.180 e. The Morgan fingerprint density at radius 2 is 1.71 bits per heavy atom. The SMILES string of the molecule is S=C(S)NC(c1ncccn1)C(NC(=S)S)C1OCCO1. The van der Waals surface area contributed by atoms with Crippen LogP contribution in [0.15, 0.2) is 18.5 Å². The summed E-state index contributed by atoms with van der Waals surface area (Å²) in [5.74, 6) is 0.523. The molecule has 2 N–H and O–H groups in total. The van der Waals surface area contributed by atoms with Crippen molar-refractivity contribution in [2.24, 2.45) is 0 Å². The van der Waals surface area contributed by atoms with E-state index in [1.165, 1.54) is 0 Å². The van der Waals surface area contributed by atoms with Crippen LogP contribution in [-0.4, -0.2) is 44.2 Å². The van der Waals surface area contributed by atoms with Gasteiger partial charge in [0.1, 0.15) is 20.7 Å². The molecule has 2 atom stereocenters. The number of nitrogens with one attached hydrogen (secondary N) is 2. The van der Waals surface area contributed by atoms with E-state index < -0.39 is 18.4 Å². The van der Waals surface area contributed by atoms with Crippen LogP contribution in [0.25, 0.3) is 0 Å². The zero-order valence-electron chi connectivity index (χ0n) is 10.8. The topological polar surface area (TPSA) is 68.3 Å². The number of ether oxygens (including phenoxy) is 2. The number of rotatable bonds is 5. The Kier molecular flexibility index (Phi) is 6.58. The maximum absolute atomic E-state index is 5.56. The van der Waals surface area contributed by atoms with Crippen molar-refractivity contribution < 1.29 is 9.47 Å². The van der Waals surface area contributed by atoms with E-state index in [0.717, 1.165) is 0 Å². The van der Waals surface area contributed by atoms with Crippen LogP contribution in [0.3, 0.4) is 0 Å². The number of nitrogens with zero attached hydrogens (tertiary/aromatic N) is 2. The second-order valence-electron chi connectivity index (χ2n) is 4.12. The average molecular weight is 363 g/mol. The van der Waals surface area contributed by atoms with Crippen LogP contribution < -0.4 is 10.6 Å². The van der Waals surface area contributed by atoms with Gasteiger partial charge in [-0.15, -0.1) is 25.3 Å². The minimum atomic E-state index is -0.515. The summed E-state index contributed by atoms with van der Waals surface area (Å²) in [6.45, 7) is 1.02. The quantitative estimate of drug-likeness (QED) is 0.454. The molecule has 1 aliphatic rings. The van der Waals surface area contributed by atoms with Crippen LogP contribution in [0.4, 0.5) is 0 Å². The van der Waals surface area contributed by atoms with Crippen LogP contribution in [0.2, 0.25) is 0 Å². The van der Waals surface area contributed by atoms with Crippen LogP contribution >= 0.6 is 49.7 Å². The molecule has 114 valence electrons. The molecule has 1 fully saturated rings. The Balaban J connectivity index is 2.29. The van der Waals surface area contributed by atoms with E-state index in [2.05, 4.69) is 45.9 Å². The molecule has 0 radical (unpaired) electrons. The molecular formula is C11H14N4O2S4. The molecule has 1 saturated heterocycles. The van der Waals surface area contributed by atoms with Crippen LogP contribution in [0.1, 0.15) is 11.9 Å². The summed E-state index contributed by atoms with van der Waals surface area (Å²) >= 11 is 18.3. The lowest BCUT2D eigenvalue weighted by atomic mass is 10.1. The molecule has 2 rings (SSSR count). The van der Waals surface area contributed by atoms with Gasteiger partial charge in [-0.1, -0.05) is 24.4 Å². The number of thiocarbonyl (C=S) groups is 2. The van der Waals surface area contributed by atoms with E-state index in [1.807, 2.05) is 0 Å². The third-order valence-corrected chi connectivity index (χ3v) is 3.23. The Morgan fingerprint density at radius 3 is 2.24 bits per heavy atom. The van der Waals surface area contributed by atoms with Crippen molar-refractivity contribution in [3.8, 4) is 0 Å². The highest BCUT2D eigenvalue weighted by atomic mass is 32.1. The predicted molar refractivity (Wildman–Crippen MR) is 93.7 cm³/mol. The minimum absolute atomic E-state index is 0.308. The molecule has 0 saturated carbocycles. The minimum Gasteiger partial charge on any atom is -0.361 e. The Morgan fingerprint density at radius 1 is 1.14 bits per heavy atom. The molecule has 21 heavy (non-hydrogen) atoms. The fourth-order valence-electron chi connectivity index (χ4n) is 1.95. The Bertz CT molecular complexity index is 498. The van der Waals surface area contributed by atoms with Crippen LogP contribution in [0, 0.1) is 0 Å². The highest BCUT2D eigenvalue weighted by Crippen LogP contribution is 2.21. The monoisotopic (exact) mass is 362 g/mol. The molecule has 6 nitrogen and oxygen atoms in total. The summed E-state index contributed by atoms with van der Waals surface area (Å²) in [6.07, 6.45) is 2.77. The van der Waals surface area contributed by atoms with Gasteiger partial charge in [-0.3, -0.25) is 0 Å². The third-order valence-electron chi connectivity index (χ3n) is 2.73. The number of thiol groups is 2. The summed E-state index contributed by atoms with van der Waals surface area (Å²) in [4.78, 5) is 8.49. The molecule has 2 heterocycles. The number of aromatic nitrogens is 2. The second kappa shape index (κ2) is 8.20. The van der Waals surface area contributed by atoms with E-state index >= 15 is 0 Å². The summed E-state index contributed by atoms with van der Waals surface area (Å²) < 4.78 is 11.7. The van der Waals surface area contributed by atoms with Gasteiger partial charge in [-0.25, -0.2) is 9.97 Å². The predicted octanol–water partition coefficient (Wildman–Crippen LogP) is 0.868. The zero-order chi connectivity index (χ0) is 15.2. The van der Waals surface area contributed by atoms with Crippen molar-refractivity contribution in [3.63, 3.8) is 0 Å². The first kappa shape index (κ1) is 16.8. The lowest BCUT2D eigenvalue weighted by Gasteiger charge is -2.31. The largest absolute Gasteiger partial charge is 0.361 e. The summed E-state index contributed by atoms with van der Waals surface area (Å²) in [7, 11) is 0. The molecule has 0 aliphatic carbocycles. The lowest BCUT2D eigenvalue weighted by Crippen LogP contribution is -2.51. The first-order valence-electron chi connectivity index (χ1n) is 6.07. The van der Waals surface area contributed by atoms with E-state index in [9.17, 15) is 0 Å². The third kappa shape index (κ3) is 5.01. The van der Waals surface area contributed by atoms with Gasteiger partial charge in [-0.2, -0.15) is 0 Å². The summed E-state index contributed by atoms with van der Waals surface area (Å²) in [5.41, 5.74) is 0. The highest BCUT2D eigenvalue weighted by Gasteiger charge is 2.36. The van der Waals surface area contributed by atoms with Crippen molar-refractivity contribution in [3.05, 3.63) is 24.3 Å². The van der Waals surface area contributed by atoms with Gasteiger partial charge in [0.05, 0.1) is 13.2 Å². The van der Waals surface area contributed by atoms with Crippen molar-refractivity contribution in [2.75, 3.05) is 13.2 Å². The van der Waals surface area contributed by atoms with Gasteiger partial charge in [0.15, 0.2) is 12.1 Å². The van der Waals surface area contributed by atoms with Gasteiger partial charge in [-0.05, 0) is 6.07 Å². The fourth-order valence-corrected chi connectivity index (χ4v) is 2.51. The standard InChI is InChI=1S/C11H14N4O2S4/c18-10(19)14-6(8-12-2-1-3-13-8)7(15-11(20)21)9-16-4-5-17-9/h1-3,6-7,9H,4-5H2,(H2,14,18,19)(H2,15,20,21). The first-order valence-corrected chi connectivity index (χ1v) is 7.78. The molecular weight excluding hydrogens is 348 g/mol. The van der Waals surface area contributed by atoms with E-state index in [1.54, 1.807) is 18.5 Å². The van der Waals surface area contributed by atoms with Gasteiger partial charge in [0.2, 0.25) is 0 Å². The number of hydrogen-bond acceptors (Lipinski definition) is 6. The average Bonchev–Trinajstić information content (AvgIpc) is 2.97.